The van der Waals surface area contributed by atoms with Crippen LogP contribution in [0.4, 0.5) is 4.39 Å². The molecule has 0 spiro atoms. The van der Waals surface area contributed by atoms with E-state index in [9.17, 15) is 4.39 Å². The minimum absolute atomic E-state index is 0.166. The van der Waals surface area contributed by atoms with Crippen LogP contribution in [0.2, 0.25) is 0 Å². The van der Waals surface area contributed by atoms with E-state index >= 15 is 0 Å². The number of fused-ring (bicyclic) bond motifs is 1. The molecular weight excluding hydrogens is 263 g/mol. The van der Waals surface area contributed by atoms with E-state index in [2.05, 4.69) is 29.2 Å². The standard InChI is InChI=1S/C18H21FN2/c19-16-6-3-4-14(12-16)13-21-11-9-15-5-1-2-7-17(15)18(21)8-10-20/h1-7,12,18H,8-11,13,20H2. The molecule has 0 aromatic heterocycles. The average molecular weight is 284 g/mol. The van der Waals surface area contributed by atoms with E-state index in [1.54, 1.807) is 12.1 Å². The molecule has 0 amide bonds. The lowest BCUT2D eigenvalue weighted by Gasteiger charge is -2.37. The second-order valence-corrected chi connectivity index (χ2v) is 5.64. The largest absolute Gasteiger partial charge is 0.330 e. The van der Waals surface area contributed by atoms with Crippen LogP contribution >= 0.6 is 0 Å². The molecule has 1 unspecified atom stereocenters. The van der Waals surface area contributed by atoms with Gasteiger partial charge in [0.1, 0.15) is 5.82 Å². The van der Waals surface area contributed by atoms with Crippen molar-refractivity contribution in [1.82, 2.24) is 4.90 Å². The zero-order valence-electron chi connectivity index (χ0n) is 12.1. The summed E-state index contributed by atoms with van der Waals surface area (Å²) < 4.78 is 13.4. The topological polar surface area (TPSA) is 29.3 Å². The Hall–Kier alpha value is -1.71. The lowest BCUT2D eigenvalue weighted by Crippen LogP contribution is -2.36. The molecule has 21 heavy (non-hydrogen) atoms. The van der Waals surface area contributed by atoms with Crippen LogP contribution in [0.1, 0.15) is 29.2 Å². The van der Waals surface area contributed by atoms with Crippen molar-refractivity contribution in [1.29, 1.82) is 0 Å². The van der Waals surface area contributed by atoms with Crippen molar-refractivity contribution in [3.05, 3.63) is 71.0 Å². The lowest BCUT2D eigenvalue weighted by atomic mass is 9.90. The van der Waals surface area contributed by atoms with Crippen molar-refractivity contribution in [3.63, 3.8) is 0 Å². The predicted octanol–water partition coefficient (Wildman–Crippen LogP) is 3.27. The maximum atomic E-state index is 13.4. The quantitative estimate of drug-likeness (QED) is 0.933. The smallest absolute Gasteiger partial charge is 0.123 e. The molecule has 2 aromatic rings. The number of benzene rings is 2. The summed E-state index contributed by atoms with van der Waals surface area (Å²) >= 11 is 0. The Labute approximate surface area is 125 Å². The molecule has 1 aliphatic heterocycles. The van der Waals surface area contributed by atoms with Gasteiger partial charge in [0.2, 0.25) is 0 Å². The van der Waals surface area contributed by atoms with Crippen molar-refractivity contribution < 1.29 is 4.39 Å². The molecule has 3 heteroatoms. The second kappa shape index (κ2) is 6.37. The van der Waals surface area contributed by atoms with Crippen LogP contribution in [-0.2, 0) is 13.0 Å². The van der Waals surface area contributed by atoms with Crippen molar-refractivity contribution >= 4 is 0 Å². The van der Waals surface area contributed by atoms with E-state index in [1.807, 2.05) is 6.07 Å². The zero-order chi connectivity index (χ0) is 14.7. The Balaban J connectivity index is 1.85. The maximum Gasteiger partial charge on any atom is 0.123 e. The number of nitrogens with two attached hydrogens (primary N) is 1. The van der Waals surface area contributed by atoms with Crippen molar-refractivity contribution in [2.24, 2.45) is 5.73 Å². The summed E-state index contributed by atoms with van der Waals surface area (Å²) in [5.74, 6) is -0.166. The zero-order valence-corrected chi connectivity index (χ0v) is 12.1. The van der Waals surface area contributed by atoms with Gasteiger partial charge in [0.15, 0.2) is 0 Å². The van der Waals surface area contributed by atoms with Crippen molar-refractivity contribution in [2.45, 2.75) is 25.4 Å². The Bertz CT molecular complexity index is 612. The van der Waals surface area contributed by atoms with E-state index < -0.39 is 0 Å². The maximum absolute atomic E-state index is 13.4. The molecule has 1 atom stereocenters. The molecule has 2 nitrogen and oxygen atoms in total. The average Bonchev–Trinajstić information content (AvgIpc) is 2.50. The third-order valence-electron chi connectivity index (χ3n) is 4.24. The molecule has 2 aromatic carbocycles. The highest BCUT2D eigenvalue weighted by atomic mass is 19.1. The van der Waals surface area contributed by atoms with Crippen LogP contribution in [0, 0.1) is 5.82 Å². The van der Waals surface area contributed by atoms with Gasteiger partial charge in [-0.3, -0.25) is 4.90 Å². The van der Waals surface area contributed by atoms with Gasteiger partial charge in [0.25, 0.3) is 0 Å². The minimum Gasteiger partial charge on any atom is -0.330 e. The van der Waals surface area contributed by atoms with E-state index in [-0.39, 0.29) is 5.82 Å². The molecule has 0 aliphatic carbocycles. The normalized spacial score (nSPS) is 18.5. The summed E-state index contributed by atoms with van der Waals surface area (Å²) in [4.78, 5) is 2.42. The van der Waals surface area contributed by atoms with Gasteiger partial charge in [-0.1, -0.05) is 36.4 Å². The van der Waals surface area contributed by atoms with Crippen LogP contribution in [0.3, 0.4) is 0 Å². The van der Waals surface area contributed by atoms with Gasteiger partial charge in [-0.25, -0.2) is 4.39 Å². The third kappa shape index (κ3) is 3.14. The van der Waals surface area contributed by atoms with Crippen molar-refractivity contribution in [3.8, 4) is 0 Å². The Morgan fingerprint density at radius 1 is 1.14 bits per heavy atom. The van der Waals surface area contributed by atoms with Gasteiger partial charge in [-0.15, -0.1) is 0 Å². The molecule has 1 aliphatic rings. The fourth-order valence-corrected chi connectivity index (χ4v) is 3.26. The van der Waals surface area contributed by atoms with Gasteiger partial charge < -0.3 is 5.73 Å². The molecule has 0 fully saturated rings. The van der Waals surface area contributed by atoms with E-state index in [4.69, 9.17) is 5.73 Å². The molecule has 110 valence electrons. The monoisotopic (exact) mass is 284 g/mol. The number of hydrogen-bond acceptors (Lipinski definition) is 2. The molecule has 0 saturated carbocycles. The number of hydrogen-bond donors (Lipinski definition) is 1. The predicted molar refractivity (Wildman–Crippen MR) is 83.4 cm³/mol. The second-order valence-electron chi connectivity index (χ2n) is 5.64. The highest BCUT2D eigenvalue weighted by molar-refractivity contribution is 5.33. The first-order valence-electron chi connectivity index (χ1n) is 7.54. The van der Waals surface area contributed by atoms with Gasteiger partial charge >= 0.3 is 0 Å². The SMILES string of the molecule is NCCC1c2ccccc2CCN1Cc1cccc(F)c1. The van der Waals surface area contributed by atoms with E-state index in [1.165, 1.54) is 17.2 Å². The first-order valence-corrected chi connectivity index (χ1v) is 7.54. The molecule has 3 rings (SSSR count). The van der Waals surface area contributed by atoms with Gasteiger partial charge in [0, 0.05) is 19.1 Å². The fraction of sp³-hybridized carbons (Fsp3) is 0.333. The summed E-state index contributed by atoms with van der Waals surface area (Å²) in [6.07, 6.45) is 1.99. The summed E-state index contributed by atoms with van der Waals surface area (Å²) in [7, 11) is 0. The van der Waals surface area contributed by atoms with Gasteiger partial charge in [-0.05, 0) is 48.2 Å². The molecule has 2 N–H and O–H groups in total. The summed E-state index contributed by atoms with van der Waals surface area (Å²) in [6.45, 7) is 2.44. The molecule has 0 radical (unpaired) electrons. The fourth-order valence-electron chi connectivity index (χ4n) is 3.26. The number of halogens is 1. The highest BCUT2D eigenvalue weighted by Gasteiger charge is 2.26. The summed E-state index contributed by atoms with van der Waals surface area (Å²) in [5.41, 5.74) is 9.64. The van der Waals surface area contributed by atoms with Crippen LogP contribution in [0.5, 0.6) is 0 Å². The van der Waals surface area contributed by atoms with Crippen molar-refractivity contribution in [2.75, 3.05) is 13.1 Å². The number of rotatable bonds is 4. The van der Waals surface area contributed by atoms with Crippen LogP contribution in [0.25, 0.3) is 0 Å². The van der Waals surface area contributed by atoms with Gasteiger partial charge in [-0.2, -0.15) is 0 Å². The molecule has 0 bridgehead atoms. The van der Waals surface area contributed by atoms with Crippen LogP contribution in [-0.4, -0.2) is 18.0 Å². The molecule has 0 saturated heterocycles. The number of nitrogens with zero attached hydrogens (tertiary/aromatic N) is 1. The van der Waals surface area contributed by atoms with E-state index in [0.717, 1.165) is 31.5 Å². The minimum atomic E-state index is -0.166. The lowest BCUT2D eigenvalue weighted by molar-refractivity contribution is 0.168. The van der Waals surface area contributed by atoms with Crippen LogP contribution < -0.4 is 5.73 Å². The summed E-state index contributed by atoms with van der Waals surface area (Å²) in [5, 5.41) is 0. The Kier molecular flexibility index (Phi) is 4.32. The first-order chi connectivity index (χ1) is 10.3. The third-order valence-corrected chi connectivity index (χ3v) is 4.24. The first kappa shape index (κ1) is 14.2. The van der Waals surface area contributed by atoms with Gasteiger partial charge in [0.05, 0.1) is 0 Å². The summed E-state index contributed by atoms with van der Waals surface area (Å²) in [6, 6.07) is 15.8. The highest BCUT2D eigenvalue weighted by Crippen LogP contribution is 2.32. The Morgan fingerprint density at radius 2 is 2.00 bits per heavy atom. The Morgan fingerprint density at radius 3 is 2.81 bits per heavy atom. The molecule has 1 heterocycles. The van der Waals surface area contributed by atoms with E-state index in [0.29, 0.717) is 12.6 Å². The van der Waals surface area contributed by atoms with Crippen LogP contribution in [0.15, 0.2) is 48.5 Å². The molecular formula is C18H21FN2.